The third-order valence-electron chi connectivity index (χ3n) is 3.81. The smallest absolute Gasteiger partial charge is 0.223 e. The number of nitrogens with two attached hydrogens (primary N) is 1. The Morgan fingerprint density at radius 3 is 2.79 bits per heavy atom. The molecule has 0 spiro atoms. The van der Waals surface area contributed by atoms with Crippen LogP contribution >= 0.6 is 0 Å². The van der Waals surface area contributed by atoms with Crippen molar-refractivity contribution in [3.63, 3.8) is 0 Å². The molecule has 104 valence electrons. The lowest BCUT2D eigenvalue weighted by Gasteiger charge is -2.38. The van der Waals surface area contributed by atoms with E-state index in [0.717, 1.165) is 37.3 Å². The van der Waals surface area contributed by atoms with Gasteiger partial charge >= 0.3 is 0 Å². The van der Waals surface area contributed by atoms with Crippen LogP contribution < -0.4 is 5.73 Å². The third-order valence-corrected chi connectivity index (χ3v) is 3.81. The number of hydrogen-bond acceptors (Lipinski definition) is 3. The summed E-state index contributed by atoms with van der Waals surface area (Å²) < 4.78 is 0. The summed E-state index contributed by atoms with van der Waals surface area (Å²) in [5.41, 5.74) is 7.75. The first kappa shape index (κ1) is 13.9. The first-order valence-electron chi connectivity index (χ1n) is 6.89. The molecule has 0 bridgehead atoms. The van der Waals surface area contributed by atoms with Gasteiger partial charge in [-0.2, -0.15) is 0 Å². The van der Waals surface area contributed by atoms with Gasteiger partial charge in [-0.05, 0) is 32.0 Å². The zero-order valence-corrected chi connectivity index (χ0v) is 11.8. The highest BCUT2D eigenvalue weighted by atomic mass is 16.2. The summed E-state index contributed by atoms with van der Waals surface area (Å²) in [7, 11) is 2.10. The van der Waals surface area contributed by atoms with Crippen molar-refractivity contribution in [3.8, 4) is 0 Å². The average molecular weight is 261 g/mol. The fourth-order valence-corrected chi connectivity index (χ4v) is 2.66. The number of benzene rings is 1. The van der Waals surface area contributed by atoms with Crippen molar-refractivity contribution in [2.75, 3.05) is 32.4 Å². The topological polar surface area (TPSA) is 49.6 Å². The Morgan fingerprint density at radius 1 is 1.37 bits per heavy atom. The molecule has 0 saturated carbocycles. The fraction of sp³-hybridized carbons (Fsp3) is 0.533. The predicted octanol–water partition coefficient (Wildman–Crippen LogP) is 1.36. The summed E-state index contributed by atoms with van der Waals surface area (Å²) in [5.74, 6) is 0.240. The van der Waals surface area contributed by atoms with Gasteiger partial charge in [0.15, 0.2) is 0 Å². The molecule has 1 fully saturated rings. The van der Waals surface area contributed by atoms with Crippen LogP contribution in [-0.4, -0.2) is 48.4 Å². The van der Waals surface area contributed by atoms with E-state index < -0.39 is 0 Å². The molecule has 1 saturated heterocycles. The highest BCUT2D eigenvalue weighted by Gasteiger charge is 2.25. The van der Waals surface area contributed by atoms with Gasteiger partial charge in [0.1, 0.15) is 0 Å². The zero-order chi connectivity index (χ0) is 13.8. The molecule has 1 aliphatic heterocycles. The molecular formula is C15H23N3O. The SMILES string of the molecule is CC1CN(C)CCN1C(=O)CCc1ccccc1N. The number of carbonyl (C=O) groups excluding carboxylic acids is 1. The van der Waals surface area contributed by atoms with Gasteiger partial charge in [-0.3, -0.25) is 4.79 Å². The average Bonchev–Trinajstić information content (AvgIpc) is 2.37. The standard InChI is InChI=1S/C15H23N3O/c1-12-11-17(2)9-10-18(12)15(19)8-7-13-5-3-4-6-14(13)16/h3-6,12H,7-11,16H2,1-2H3. The Kier molecular flexibility index (Phi) is 4.43. The zero-order valence-electron chi connectivity index (χ0n) is 11.8. The van der Waals surface area contributed by atoms with E-state index in [0.29, 0.717) is 12.5 Å². The lowest BCUT2D eigenvalue weighted by molar-refractivity contribution is -0.135. The Labute approximate surface area is 115 Å². The fourth-order valence-electron chi connectivity index (χ4n) is 2.66. The first-order valence-corrected chi connectivity index (χ1v) is 6.89. The number of likely N-dealkylation sites (N-methyl/N-ethyl adjacent to an activating group) is 1. The minimum atomic E-state index is 0.240. The summed E-state index contributed by atoms with van der Waals surface area (Å²) in [6.45, 7) is 4.87. The van der Waals surface area contributed by atoms with Crippen LogP contribution in [0.3, 0.4) is 0 Å². The van der Waals surface area contributed by atoms with Crippen LogP contribution in [0.5, 0.6) is 0 Å². The number of nitrogens with zero attached hydrogens (tertiary/aromatic N) is 2. The molecule has 1 aromatic carbocycles. The number of para-hydroxylation sites is 1. The van der Waals surface area contributed by atoms with E-state index in [1.165, 1.54) is 0 Å². The normalized spacial score (nSPS) is 20.5. The second-order valence-corrected chi connectivity index (χ2v) is 5.40. The number of rotatable bonds is 3. The Bertz CT molecular complexity index is 447. The highest BCUT2D eigenvalue weighted by Crippen LogP contribution is 2.15. The summed E-state index contributed by atoms with van der Waals surface area (Å²) in [4.78, 5) is 16.5. The molecule has 1 atom stereocenters. The summed E-state index contributed by atoms with van der Waals surface area (Å²) in [6.07, 6.45) is 1.27. The van der Waals surface area contributed by atoms with E-state index in [1.54, 1.807) is 0 Å². The molecule has 1 amide bonds. The van der Waals surface area contributed by atoms with Crippen LogP contribution in [0, 0.1) is 0 Å². The van der Waals surface area contributed by atoms with E-state index in [1.807, 2.05) is 29.2 Å². The maximum Gasteiger partial charge on any atom is 0.223 e. The van der Waals surface area contributed by atoms with Gasteiger partial charge in [0, 0.05) is 37.8 Å². The van der Waals surface area contributed by atoms with Crippen LogP contribution in [0.25, 0.3) is 0 Å². The maximum atomic E-state index is 12.3. The van der Waals surface area contributed by atoms with Gasteiger partial charge in [-0.1, -0.05) is 18.2 Å². The molecule has 0 aromatic heterocycles. The van der Waals surface area contributed by atoms with E-state index in [9.17, 15) is 4.79 Å². The Hall–Kier alpha value is -1.55. The van der Waals surface area contributed by atoms with E-state index in [-0.39, 0.29) is 5.91 Å². The van der Waals surface area contributed by atoms with Gasteiger partial charge < -0.3 is 15.5 Å². The van der Waals surface area contributed by atoms with E-state index in [4.69, 9.17) is 5.73 Å². The molecule has 1 aromatic rings. The lowest BCUT2D eigenvalue weighted by atomic mass is 10.1. The maximum absolute atomic E-state index is 12.3. The number of hydrogen-bond donors (Lipinski definition) is 1. The molecule has 4 nitrogen and oxygen atoms in total. The molecule has 2 rings (SSSR count). The number of amides is 1. The minimum absolute atomic E-state index is 0.240. The number of carbonyl (C=O) groups is 1. The van der Waals surface area contributed by atoms with Crippen molar-refractivity contribution < 1.29 is 4.79 Å². The summed E-state index contributed by atoms with van der Waals surface area (Å²) in [6, 6.07) is 8.07. The number of anilines is 1. The quantitative estimate of drug-likeness (QED) is 0.836. The van der Waals surface area contributed by atoms with Crippen molar-refractivity contribution in [3.05, 3.63) is 29.8 Å². The van der Waals surface area contributed by atoms with Crippen molar-refractivity contribution >= 4 is 11.6 Å². The second kappa shape index (κ2) is 6.06. The second-order valence-electron chi connectivity index (χ2n) is 5.40. The monoisotopic (exact) mass is 261 g/mol. The molecule has 0 aliphatic carbocycles. The molecule has 4 heteroatoms. The number of aryl methyl sites for hydroxylation is 1. The molecule has 2 N–H and O–H groups in total. The van der Waals surface area contributed by atoms with Crippen molar-refractivity contribution in [2.45, 2.75) is 25.8 Å². The first-order chi connectivity index (χ1) is 9.08. The van der Waals surface area contributed by atoms with Crippen LogP contribution in [-0.2, 0) is 11.2 Å². The highest BCUT2D eigenvalue weighted by molar-refractivity contribution is 5.77. The third kappa shape index (κ3) is 3.47. The summed E-state index contributed by atoms with van der Waals surface area (Å²) >= 11 is 0. The van der Waals surface area contributed by atoms with Crippen LogP contribution in [0.4, 0.5) is 5.69 Å². The van der Waals surface area contributed by atoms with Gasteiger partial charge in [-0.25, -0.2) is 0 Å². The minimum Gasteiger partial charge on any atom is -0.399 e. The van der Waals surface area contributed by atoms with Gasteiger partial charge in [0.05, 0.1) is 0 Å². The molecule has 1 aliphatic rings. The largest absolute Gasteiger partial charge is 0.399 e. The van der Waals surface area contributed by atoms with Crippen LogP contribution in [0.15, 0.2) is 24.3 Å². The Morgan fingerprint density at radius 2 is 2.11 bits per heavy atom. The van der Waals surface area contributed by atoms with Crippen molar-refractivity contribution in [2.24, 2.45) is 0 Å². The summed E-state index contributed by atoms with van der Waals surface area (Å²) in [5, 5.41) is 0. The molecule has 0 radical (unpaired) electrons. The van der Waals surface area contributed by atoms with E-state index >= 15 is 0 Å². The van der Waals surface area contributed by atoms with Crippen LogP contribution in [0.2, 0.25) is 0 Å². The molecule has 1 unspecified atom stereocenters. The number of piperazine rings is 1. The van der Waals surface area contributed by atoms with Crippen molar-refractivity contribution in [1.82, 2.24) is 9.80 Å². The van der Waals surface area contributed by atoms with Gasteiger partial charge in [-0.15, -0.1) is 0 Å². The molecular weight excluding hydrogens is 238 g/mol. The van der Waals surface area contributed by atoms with Crippen molar-refractivity contribution in [1.29, 1.82) is 0 Å². The number of nitrogen functional groups attached to an aromatic ring is 1. The lowest BCUT2D eigenvalue weighted by Crippen LogP contribution is -2.52. The molecule has 19 heavy (non-hydrogen) atoms. The van der Waals surface area contributed by atoms with Gasteiger partial charge in [0.25, 0.3) is 0 Å². The van der Waals surface area contributed by atoms with Gasteiger partial charge in [0.2, 0.25) is 5.91 Å². The Balaban J connectivity index is 1.89. The predicted molar refractivity (Wildman–Crippen MR) is 77.8 cm³/mol. The molecule has 1 heterocycles. The van der Waals surface area contributed by atoms with Crippen LogP contribution in [0.1, 0.15) is 18.9 Å². The van der Waals surface area contributed by atoms with E-state index in [2.05, 4.69) is 18.9 Å².